The van der Waals surface area contributed by atoms with Gasteiger partial charge in [-0.2, -0.15) is 0 Å². The molecule has 2 aromatic heterocycles. The summed E-state index contributed by atoms with van der Waals surface area (Å²) < 4.78 is 9.39. The van der Waals surface area contributed by atoms with Gasteiger partial charge in [-0.15, -0.1) is 11.3 Å². The minimum absolute atomic E-state index is 0.860. The third-order valence-corrected chi connectivity index (χ3v) is 13.1. The first-order valence-corrected chi connectivity index (χ1v) is 20.9. The summed E-state index contributed by atoms with van der Waals surface area (Å²) in [7, 11) is 0. The molecule has 0 fully saturated rings. The first kappa shape index (κ1) is 33.7. The van der Waals surface area contributed by atoms with Crippen LogP contribution in [0.2, 0.25) is 0 Å². The Morgan fingerprint density at radius 2 is 0.983 bits per heavy atom. The van der Waals surface area contributed by atoms with E-state index in [0.717, 1.165) is 50.1 Å². The van der Waals surface area contributed by atoms with Crippen molar-refractivity contribution in [2.75, 3.05) is 4.90 Å². The van der Waals surface area contributed by atoms with Crippen molar-refractivity contribution in [3.05, 3.63) is 212 Å². The summed E-state index contributed by atoms with van der Waals surface area (Å²) in [4.78, 5) is 2.43. The third-order valence-electron chi connectivity index (χ3n) is 11.9. The molecular formula is C56H35NOS. The van der Waals surface area contributed by atoms with E-state index in [1.54, 1.807) is 0 Å². The smallest absolute Gasteiger partial charge is 0.143 e. The lowest BCUT2D eigenvalue weighted by molar-refractivity contribution is 0.670. The molecule has 0 aliphatic heterocycles. The van der Waals surface area contributed by atoms with Crippen molar-refractivity contribution in [2.24, 2.45) is 0 Å². The monoisotopic (exact) mass is 769 g/mol. The molecule has 0 saturated heterocycles. The van der Waals surface area contributed by atoms with E-state index < -0.39 is 0 Å². The number of para-hydroxylation sites is 1. The van der Waals surface area contributed by atoms with Crippen molar-refractivity contribution < 1.29 is 4.42 Å². The van der Waals surface area contributed by atoms with Gasteiger partial charge in [-0.3, -0.25) is 0 Å². The van der Waals surface area contributed by atoms with Gasteiger partial charge in [-0.25, -0.2) is 0 Å². The highest BCUT2D eigenvalue weighted by atomic mass is 32.1. The zero-order valence-corrected chi connectivity index (χ0v) is 32.8. The van der Waals surface area contributed by atoms with Gasteiger partial charge in [0.15, 0.2) is 0 Å². The Bertz CT molecular complexity index is 3550. The first-order valence-electron chi connectivity index (χ1n) is 20.1. The maximum Gasteiger partial charge on any atom is 0.143 e. The van der Waals surface area contributed by atoms with E-state index in [1.165, 1.54) is 64.0 Å². The molecule has 0 N–H and O–H groups in total. The second kappa shape index (κ2) is 13.6. The minimum Gasteiger partial charge on any atom is -0.455 e. The Balaban J connectivity index is 1.09. The first-order chi connectivity index (χ1) is 29.2. The van der Waals surface area contributed by atoms with Crippen molar-refractivity contribution in [3.8, 4) is 33.4 Å². The lowest BCUT2D eigenvalue weighted by atomic mass is 9.97. The molecule has 3 heteroatoms. The number of furan rings is 1. The van der Waals surface area contributed by atoms with E-state index in [1.807, 2.05) is 11.3 Å². The van der Waals surface area contributed by atoms with Crippen LogP contribution in [-0.2, 0) is 0 Å². The number of thiophene rings is 1. The molecule has 0 amide bonds. The summed E-state index contributed by atoms with van der Waals surface area (Å²) >= 11 is 1.87. The number of hydrogen-bond donors (Lipinski definition) is 0. The van der Waals surface area contributed by atoms with Gasteiger partial charge in [0.25, 0.3) is 0 Å². The summed E-state index contributed by atoms with van der Waals surface area (Å²) in [5.74, 6) is 0. The quantitative estimate of drug-likeness (QED) is 0.157. The summed E-state index contributed by atoms with van der Waals surface area (Å²) in [6, 6.07) is 76.9. The van der Waals surface area contributed by atoms with E-state index in [2.05, 4.69) is 217 Å². The molecule has 2 heterocycles. The lowest BCUT2D eigenvalue weighted by Gasteiger charge is -2.27. The average molecular weight is 770 g/mol. The van der Waals surface area contributed by atoms with Crippen LogP contribution in [0, 0.1) is 0 Å². The summed E-state index contributed by atoms with van der Waals surface area (Å²) in [6.45, 7) is 0. The van der Waals surface area contributed by atoms with Crippen LogP contribution >= 0.6 is 11.3 Å². The van der Waals surface area contributed by atoms with E-state index in [4.69, 9.17) is 4.42 Å². The van der Waals surface area contributed by atoms with Crippen LogP contribution in [0.3, 0.4) is 0 Å². The zero-order valence-electron chi connectivity index (χ0n) is 32.0. The average Bonchev–Trinajstić information content (AvgIpc) is 3.89. The molecule has 0 aliphatic carbocycles. The lowest BCUT2D eigenvalue weighted by Crippen LogP contribution is -2.10. The number of anilines is 3. The van der Waals surface area contributed by atoms with E-state index in [0.29, 0.717) is 0 Å². The molecule has 0 spiro atoms. The van der Waals surface area contributed by atoms with Crippen LogP contribution in [0.25, 0.3) is 97.0 Å². The van der Waals surface area contributed by atoms with Gasteiger partial charge < -0.3 is 9.32 Å². The largest absolute Gasteiger partial charge is 0.455 e. The van der Waals surface area contributed by atoms with E-state index >= 15 is 0 Å². The van der Waals surface area contributed by atoms with Gasteiger partial charge in [0, 0.05) is 53.9 Å². The molecule has 59 heavy (non-hydrogen) atoms. The highest BCUT2D eigenvalue weighted by molar-refractivity contribution is 7.26. The Morgan fingerprint density at radius 3 is 1.81 bits per heavy atom. The highest BCUT2D eigenvalue weighted by Crippen LogP contribution is 2.49. The van der Waals surface area contributed by atoms with Crippen molar-refractivity contribution in [2.45, 2.75) is 0 Å². The van der Waals surface area contributed by atoms with Crippen molar-refractivity contribution >= 4 is 92.1 Å². The molecule has 0 bridgehead atoms. The second-order valence-electron chi connectivity index (χ2n) is 15.2. The Kier molecular flexibility index (Phi) is 7.75. The minimum atomic E-state index is 0.860. The number of rotatable bonds is 6. The molecule has 12 rings (SSSR count). The predicted molar refractivity (Wildman–Crippen MR) is 253 cm³/mol. The summed E-state index contributed by atoms with van der Waals surface area (Å²) in [6.07, 6.45) is 0. The molecule has 0 saturated carbocycles. The fourth-order valence-corrected chi connectivity index (χ4v) is 10.3. The zero-order chi connectivity index (χ0) is 38.9. The van der Waals surface area contributed by atoms with E-state index in [-0.39, 0.29) is 0 Å². The third kappa shape index (κ3) is 5.55. The van der Waals surface area contributed by atoms with Crippen molar-refractivity contribution in [1.82, 2.24) is 0 Å². The number of hydrogen-bond acceptors (Lipinski definition) is 3. The molecule has 0 atom stereocenters. The molecule has 276 valence electrons. The van der Waals surface area contributed by atoms with Gasteiger partial charge in [0.05, 0.1) is 5.69 Å². The van der Waals surface area contributed by atoms with E-state index in [9.17, 15) is 0 Å². The van der Waals surface area contributed by atoms with Crippen molar-refractivity contribution in [1.29, 1.82) is 0 Å². The van der Waals surface area contributed by atoms with Gasteiger partial charge in [-0.05, 0) is 85.8 Å². The number of benzene rings is 10. The fraction of sp³-hybridized carbons (Fsp3) is 0. The Morgan fingerprint density at radius 1 is 0.373 bits per heavy atom. The predicted octanol–water partition coefficient (Wildman–Crippen LogP) is 16.7. The normalized spacial score (nSPS) is 11.7. The van der Waals surface area contributed by atoms with Crippen LogP contribution in [0.15, 0.2) is 217 Å². The summed E-state index contributed by atoms with van der Waals surface area (Å²) in [5, 5.41) is 9.66. The standard InChI is InChI=1S/C56H35NOS/c1-3-12-36(13-4-1)37-22-24-40(25-23-37)47-32-33-51(54-50-18-9-10-21-53(50)59-56(47)54)57(42-28-30-45-41(34-42)27-26-39-16-7-8-17-44(39)45)43-29-31-48-49-20-11-19-46(38-14-5-2-6-15-38)55(49)58-52(48)35-43/h1-35H. The molecule has 10 aromatic carbocycles. The van der Waals surface area contributed by atoms with Crippen LogP contribution in [0.4, 0.5) is 17.1 Å². The molecule has 0 radical (unpaired) electrons. The number of fused-ring (bicyclic) bond motifs is 9. The second-order valence-corrected chi connectivity index (χ2v) is 16.3. The Hall–Kier alpha value is -7.46. The Labute approximate surface area is 345 Å². The van der Waals surface area contributed by atoms with Gasteiger partial charge in [-0.1, -0.05) is 170 Å². The van der Waals surface area contributed by atoms with Crippen LogP contribution in [0.5, 0.6) is 0 Å². The van der Waals surface area contributed by atoms with Gasteiger partial charge in [0.1, 0.15) is 11.2 Å². The topological polar surface area (TPSA) is 16.4 Å². The molecule has 0 unspecified atom stereocenters. The van der Waals surface area contributed by atoms with Crippen LogP contribution in [-0.4, -0.2) is 0 Å². The van der Waals surface area contributed by atoms with Gasteiger partial charge >= 0.3 is 0 Å². The van der Waals surface area contributed by atoms with Crippen molar-refractivity contribution in [3.63, 3.8) is 0 Å². The summed E-state index contributed by atoms with van der Waals surface area (Å²) in [5.41, 5.74) is 12.1. The van der Waals surface area contributed by atoms with Crippen LogP contribution < -0.4 is 4.90 Å². The highest BCUT2D eigenvalue weighted by Gasteiger charge is 2.23. The SMILES string of the molecule is c1ccc(-c2ccc(-c3ccc(N(c4ccc5c(ccc6ccccc65)c4)c4ccc5c(c4)oc4c(-c6ccccc6)cccc45)c4c3sc3ccccc34)cc2)cc1. The molecule has 2 nitrogen and oxygen atoms in total. The maximum absolute atomic E-state index is 6.86. The molecule has 0 aliphatic rings. The number of nitrogens with zero attached hydrogens (tertiary/aromatic N) is 1. The maximum atomic E-state index is 6.86. The van der Waals surface area contributed by atoms with Gasteiger partial charge in [0.2, 0.25) is 0 Å². The molecular weight excluding hydrogens is 735 g/mol. The van der Waals surface area contributed by atoms with Crippen LogP contribution in [0.1, 0.15) is 0 Å². The molecule has 12 aromatic rings. The fourth-order valence-electron chi connectivity index (χ4n) is 9.04.